The lowest BCUT2D eigenvalue weighted by molar-refractivity contribution is -0.119. The molecule has 0 saturated carbocycles. The Morgan fingerprint density at radius 1 is 1.29 bits per heavy atom. The van der Waals surface area contributed by atoms with Crippen molar-refractivity contribution in [1.29, 1.82) is 0 Å². The minimum atomic E-state index is -0.271. The summed E-state index contributed by atoms with van der Waals surface area (Å²) in [5.41, 5.74) is 1.90. The molecule has 0 fully saturated rings. The molecule has 0 aliphatic rings. The van der Waals surface area contributed by atoms with E-state index in [2.05, 4.69) is 38.7 Å². The number of hydrogen-bond donors (Lipinski definition) is 1. The molecule has 0 spiro atoms. The number of carbonyl (C=O) groups excluding carboxylic acids is 1. The molecular formula is C20H27ClN6O. The first kappa shape index (κ1) is 20.4. The van der Waals surface area contributed by atoms with E-state index in [-0.39, 0.29) is 11.8 Å². The van der Waals surface area contributed by atoms with Gasteiger partial charge in [0.2, 0.25) is 11.9 Å². The number of nitrogens with zero attached hydrogens (tertiary/aromatic N) is 5. The van der Waals surface area contributed by atoms with Crippen molar-refractivity contribution in [2.45, 2.75) is 33.9 Å². The van der Waals surface area contributed by atoms with E-state index in [9.17, 15) is 4.79 Å². The largest absolute Gasteiger partial charge is 0.309 e. The van der Waals surface area contributed by atoms with Crippen molar-refractivity contribution in [3.63, 3.8) is 0 Å². The van der Waals surface area contributed by atoms with Crippen LogP contribution in [0, 0.1) is 5.92 Å². The summed E-state index contributed by atoms with van der Waals surface area (Å²) in [6.45, 7) is 10.3. The Kier molecular flexibility index (Phi) is 6.70. The number of aromatic nitrogens is 4. The number of halogens is 1. The van der Waals surface area contributed by atoms with E-state index >= 15 is 0 Å². The van der Waals surface area contributed by atoms with Gasteiger partial charge in [0.1, 0.15) is 0 Å². The number of rotatable bonds is 9. The molecule has 0 bridgehead atoms. The number of amides is 1. The highest BCUT2D eigenvalue weighted by Gasteiger charge is 2.19. The molecule has 0 aliphatic carbocycles. The quantitative estimate of drug-likeness (QED) is 0.594. The van der Waals surface area contributed by atoms with Crippen LogP contribution >= 0.6 is 11.6 Å². The molecule has 8 heteroatoms. The van der Waals surface area contributed by atoms with E-state index in [1.54, 1.807) is 17.1 Å². The van der Waals surface area contributed by atoms with Gasteiger partial charge in [-0.15, -0.1) is 0 Å². The predicted molar refractivity (Wildman–Crippen MR) is 113 cm³/mol. The van der Waals surface area contributed by atoms with Gasteiger partial charge in [-0.2, -0.15) is 5.10 Å². The van der Waals surface area contributed by atoms with Crippen LogP contribution in [0.25, 0.3) is 11.0 Å². The predicted octanol–water partition coefficient (Wildman–Crippen LogP) is 3.50. The van der Waals surface area contributed by atoms with Gasteiger partial charge in [0.25, 0.3) is 0 Å². The van der Waals surface area contributed by atoms with Crippen molar-refractivity contribution >= 4 is 34.5 Å². The maximum Gasteiger partial charge on any atom is 0.231 e. The number of fused-ring (bicyclic) bond motifs is 1. The molecule has 1 unspecified atom stereocenters. The van der Waals surface area contributed by atoms with Crippen molar-refractivity contribution in [2.24, 2.45) is 5.92 Å². The first-order valence-corrected chi connectivity index (χ1v) is 10.1. The zero-order valence-corrected chi connectivity index (χ0v) is 17.4. The summed E-state index contributed by atoms with van der Waals surface area (Å²) in [5, 5.41) is 7.71. The fraction of sp³-hybridized carbons (Fsp3) is 0.450. The van der Waals surface area contributed by atoms with E-state index in [1.165, 1.54) is 0 Å². The number of para-hydroxylation sites is 2. The molecule has 0 aliphatic heterocycles. The Morgan fingerprint density at radius 3 is 2.71 bits per heavy atom. The van der Waals surface area contributed by atoms with E-state index < -0.39 is 0 Å². The van der Waals surface area contributed by atoms with Gasteiger partial charge in [0, 0.05) is 19.3 Å². The van der Waals surface area contributed by atoms with Crippen molar-refractivity contribution in [3.05, 3.63) is 41.7 Å². The molecule has 7 nitrogen and oxygen atoms in total. The molecule has 2 aromatic heterocycles. The molecular weight excluding hydrogens is 376 g/mol. The molecule has 1 N–H and O–H groups in total. The van der Waals surface area contributed by atoms with Gasteiger partial charge in [-0.05, 0) is 25.2 Å². The third-order valence-corrected chi connectivity index (χ3v) is 5.13. The Bertz CT molecular complexity index is 930. The van der Waals surface area contributed by atoms with Gasteiger partial charge in [0.05, 0.1) is 34.7 Å². The fourth-order valence-electron chi connectivity index (χ4n) is 3.21. The summed E-state index contributed by atoms with van der Waals surface area (Å²) >= 11 is 5.90. The van der Waals surface area contributed by atoms with E-state index in [0.717, 1.165) is 37.2 Å². The highest BCUT2D eigenvalue weighted by atomic mass is 35.5. The Hall–Kier alpha value is -2.38. The molecule has 0 radical (unpaired) electrons. The number of benzene rings is 1. The summed E-state index contributed by atoms with van der Waals surface area (Å²) in [5.74, 6) is 0.224. The SMILES string of the molecule is CCN(CC)CCn1c(NC(=O)C(C)Cn2cc(Cl)cn2)nc2ccccc21. The Labute approximate surface area is 170 Å². The number of likely N-dealkylation sites (N-methyl/N-ethyl adjacent to an activating group) is 1. The van der Waals surface area contributed by atoms with Crippen LogP contribution in [0.2, 0.25) is 5.02 Å². The fourth-order valence-corrected chi connectivity index (χ4v) is 3.37. The molecule has 1 aromatic carbocycles. The van der Waals surface area contributed by atoms with Crippen LogP contribution in [-0.2, 0) is 17.9 Å². The smallest absolute Gasteiger partial charge is 0.231 e. The van der Waals surface area contributed by atoms with E-state index in [0.29, 0.717) is 17.5 Å². The average molecular weight is 403 g/mol. The summed E-state index contributed by atoms with van der Waals surface area (Å²) in [7, 11) is 0. The minimum absolute atomic E-state index is 0.0917. The lowest BCUT2D eigenvalue weighted by Gasteiger charge is -2.19. The van der Waals surface area contributed by atoms with Gasteiger partial charge >= 0.3 is 0 Å². The van der Waals surface area contributed by atoms with Crippen molar-refractivity contribution in [3.8, 4) is 0 Å². The van der Waals surface area contributed by atoms with Gasteiger partial charge < -0.3 is 9.47 Å². The zero-order valence-electron chi connectivity index (χ0n) is 16.6. The van der Waals surface area contributed by atoms with Crippen LogP contribution in [0.4, 0.5) is 5.95 Å². The average Bonchev–Trinajstić information content (AvgIpc) is 3.25. The van der Waals surface area contributed by atoms with Crippen LogP contribution in [-0.4, -0.2) is 49.8 Å². The topological polar surface area (TPSA) is 68.0 Å². The second-order valence-corrected chi connectivity index (χ2v) is 7.31. The van der Waals surface area contributed by atoms with Crippen LogP contribution in [0.3, 0.4) is 0 Å². The van der Waals surface area contributed by atoms with Crippen LogP contribution < -0.4 is 5.32 Å². The maximum absolute atomic E-state index is 12.8. The molecule has 0 saturated heterocycles. The molecule has 1 atom stereocenters. The third-order valence-electron chi connectivity index (χ3n) is 4.93. The number of hydrogen-bond acceptors (Lipinski definition) is 4. The third kappa shape index (κ3) is 4.72. The molecule has 28 heavy (non-hydrogen) atoms. The van der Waals surface area contributed by atoms with Crippen molar-refractivity contribution in [1.82, 2.24) is 24.2 Å². The molecule has 2 heterocycles. The van der Waals surface area contributed by atoms with Crippen molar-refractivity contribution in [2.75, 3.05) is 25.0 Å². The number of imidazole rings is 1. The molecule has 3 aromatic rings. The molecule has 150 valence electrons. The zero-order chi connectivity index (χ0) is 20.1. The second kappa shape index (κ2) is 9.21. The normalized spacial score (nSPS) is 12.6. The summed E-state index contributed by atoms with van der Waals surface area (Å²) in [6, 6.07) is 7.96. The highest BCUT2D eigenvalue weighted by Crippen LogP contribution is 2.20. The Balaban J connectivity index is 1.77. The van der Waals surface area contributed by atoms with Crippen LogP contribution in [0.1, 0.15) is 20.8 Å². The number of anilines is 1. The van der Waals surface area contributed by atoms with Gasteiger partial charge in [-0.1, -0.05) is 44.5 Å². The van der Waals surface area contributed by atoms with Gasteiger partial charge in [0.15, 0.2) is 0 Å². The second-order valence-electron chi connectivity index (χ2n) is 6.87. The maximum atomic E-state index is 12.8. The van der Waals surface area contributed by atoms with E-state index in [4.69, 9.17) is 11.6 Å². The summed E-state index contributed by atoms with van der Waals surface area (Å²) in [4.78, 5) is 19.8. The number of carbonyl (C=O) groups is 1. The lowest BCUT2D eigenvalue weighted by atomic mass is 10.1. The molecule has 1 amide bonds. The number of nitrogens with one attached hydrogen (secondary N) is 1. The summed E-state index contributed by atoms with van der Waals surface area (Å²) < 4.78 is 3.76. The lowest BCUT2D eigenvalue weighted by Crippen LogP contribution is -2.29. The first-order chi connectivity index (χ1) is 13.5. The highest BCUT2D eigenvalue weighted by molar-refractivity contribution is 6.30. The summed E-state index contributed by atoms with van der Waals surface area (Å²) in [6.07, 6.45) is 3.28. The standard InChI is InChI=1S/C20H27ClN6O/c1-4-25(5-2)10-11-27-18-9-7-6-8-17(18)23-20(27)24-19(28)15(3)13-26-14-16(21)12-22-26/h6-9,12,14-15H,4-5,10-11,13H2,1-3H3,(H,23,24,28). The molecule has 3 rings (SSSR count). The minimum Gasteiger partial charge on any atom is -0.309 e. The van der Waals surface area contributed by atoms with Crippen LogP contribution in [0.15, 0.2) is 36.7 Å². The first-order valence-electron chi connectivity index (χ1n) is 9.68. The van der Waals surface area contributed by atoms with Gasteiger partial charge in [-0.3, -0.25) is 14.8 Å². The van der Waals surface area contributed by atoms with Crippen molar-refractivity contribution < 1.29 is 4.79 Å². The van der Waals surface area contributed by atoms with Gasteiger partial charge in [-0.25, -0.2) is 4.98 Å². The Morgan fingerprint density at radius 2 is 2.04 bits per heavy atom. The van der Waals surface area contributed by atoms with Crippen LogP contribution in [0.5, 0.6) is 0 Å². The monoisotopic (exact) mass is 402 g/mol. The van der Waals surface area contributed by atoms with E-state index in [1.807, 2.05) is 31.2 Å².